The average molecular weight is 341 g/mol. The number of aliphatic carboxylic acids is 1. The molecule has 2 atom stereocenters. The third-order valence-corrected chi connectivity index (χ3v) is 3.47. The molecule has 0 aliphatic carbocycles. The molecule has 0 radical (unpaired) electrons. The van der Waals surface area contributed by atoms with Gasteiger partial charge < -0.3 is 22.3 Å². The Kier molecular flexibility index (Phi) is 8.05. The Balaban J connectivity index is 0.000000251. The quantitative estimate of drug-likeness (QED) is 0.589. The summed E-state index contributed by atoms with van der Waals surface area (Å²) in [5.41, 5.74) is 18.2. The van der Waals surface area contributed by atoms with Crippen molar-refractivity contribution in [3.63, 3.8) is 0 Å². The van der Waals surface area contributed by atoms with E-state index in [0.29, 0.717) is 6.42 Å². The van der Waals surface area contributed by atoms with Crippen molar-refractivity contribution in [2.75, 3.05) is 0 Å². The molecule has 2 aromatic carbocycles. The molecule has 25 heavy (non-hydrogen) atoms. The van der Waals surface area contributed by atoms with Crippen LogP contribution in [0.5, 0.6) is 0 Å². The van der Waals surface area contributed by atoms with Crippen LogP contribution in [0.3, 0.4) is 0 Å². The van der Waals surface area contributed by atoms with Crippen LogP contribution in [0.15, 0.2) is 72.8 Å². The van der Waals surface area contributed by atoms with Gasteiger partial charge >= 0.3 is 5.97 Å². The molecule has 0 aliphatic rings. The molecule has 0 saturated carbocycles. The van der Waals surface area contributed by atoms with Gasteiger partial charge in [-0.05, 0) is 17.5 Å². The van der Waals surface area contributed by atoms with Crippen LogP contribution in [0.1, 0.15) is 17.2 Å². The molecule has 2 aromatic rings. The molecule has 0 aromatic heterocycles. The molecular weight excluding hydrogens is 318 g/mol. The van der Waals surface area contributed by atoms with Crippen molar-refractivity contribution >= 4 is 11.9 Å². The Bertz CT molecular complexity index is 702. The van der Waals surface area contributed by atoms with Gasteiger partial charge in [0.15, 0.2) is 0 Å². The van der Waals surface area contributed by atoms with Crippen LogP contribution in [0, 0.1) is 0 Å². The van der Waals surface area contributed by atoms with E-state index in [1.54, 1.807) is 0 Å². The maximum absolute atomic E-state index is 10.8. The zero-order chi connectivity index (χ0) is 18.8. The fraction of sp³-hybridized carbons (Fsp3) is 0.158. The zero-order valence-corrected chi connectivity index (χ0v) is 13.8. The van der Waals surface area contributed by atoms with Crippen LogP contribution >= 0.6 is 0 Å². The zero-order valence-electron chi connectivity index (χ0n) is 13.8. The summed E-state index contributed by atoms with van der Waals surface area (Å²) >= 11 is 0. The van der Waals surface area contributed by atoms with Gasteiger partial charge in [-0.15, -0.1) is 0 Å². The molecular formula is C19H23N3O3. The van der Waals surface area contributed by atoms with Crippen molar-refractivity contribution in [2.45, 2.75) is 18.5 Å². The van der Waals surface area contributed by atoms with E-state index in [1.165, 1.54) is 0 Å². The highest BCUT2D eigenvalue weighted by molar-refractivity contribution is 5.92. The lowest BCUT2D eigenvalue weighted by Crippen LogP contribution is -2.32. The number of carbonyl (C=O) groups is 2. The lowest BCUT2D eigenvalue weighted by atomic mass is 10.0. The van der Waals surface area contributed by atoms with Crippen LogP contribution in [0.4, 0.5) is 0 Å². The number of amides is 1. The Labute approximate surface area is 146 Å². The molecule has 2 rings (SSSR count). The molecule has 132 valence electrons. The SMILES string of the molecule is C=C(C(N)=O)C(N)c1ccccc1.NC(Cc1ccccc1)C(=O)O. The maximum atomic E-state index is 10.8. The largest absolute Gasteiger partial charge is 0.480 e. The summed E-state index contributed by atoms with van der Waals surface area (Å²) < 4.78 is 0. The molecule has 0 spiro atoms. The van der Waals surface area contributed by atoms with Gasteiger partial charge in [-0.2, -0.15) is 0 Å². The van der Waals surface area contributed by atoms with Gasteiger partial charge in [0, 0.05) is 5.57 Å². The molecule has 1 amide bonds. The standard InChI is InChI=1S/C10H12N2O.C9H11NO2/c1-7(10(12)13)9(11)8-5-3-2-4-6-8;10-8(9(11)12)6-7-4-2-1-3-5-7/h2-6,9H,1,11H2,(H2,12,13);1-5,8H,6,10H2,(H,11,12). The van der Waals surface area contributed by atoms with Gasteiger partial charge in [0.25, 0.3) is 0 Å². The number of hydrogen-bond donors (Lipinski definition) is 4. The monoisotopic (exact) mass is 341 g/mol. The summed E-state index contributed by atoms with van der Waals surface area (Å²) in [4.78, 5) is 21.1. The van der Waals surface area contributed by atoms with Crippen molar-refractivity contribution in [3.8, 4) is 0 Å². The Morgan fingerprint density at radius 1 is 0.960 bits per heavy atom. The van der Waals surface area contributed by atoms with Crippen LogP contribution < -0.4 is 17.2 Å². The summed E-state index contributed by atoms with van der Waals surface area (Å²) in [6.07, 6.45) is 0.385. The van der Waals surface area contributed by atoms with Gasteiger partial charge in [-0.25, -0.2) is 0 Å². The molecule has 6 heteroatoms. The van der Waals surface area contributed by atoms with E-state index in [2.05, 4.69) is 6.58 Å². The first-order valence-corrected chi connectivity index (χ1v) is 7.64. The Morgan fingerprint density at radius 2 is 1.44 bits per heavy atom. The van der Waals surface area contributed by atoms with Crippen LogP contribution in [-0.4, -0.2) is 23.0 Å². The topological polar surface area (TPSA) is 132 Å². The maximum Gasteiger partial charge on any atom is 0.320 e. The number of benzene rings is 2. The minimum atomic E-state index is -0.959. The first-order chi connectivity index (χ1) is 11.8. The molecule has 6 nitrogen and oxygen atoms in total. The number of carbonyl (C=O) groups excluding carboxylic acids is 1. The second-order valence-electron chi connectivity index (χ2n) is 5.41. The fourth-order valence-electron chi connectivity index (χ4n) is 1.97. The van der Waals surface area contributed by atoms with E-state index in [0.717, 1.165) is 11.1 Å². The van der Waals surface area contributed by atoms with E-state index in [-0.39, 0.29) is 5.57 Å². The summed E-state index contributed by atoms with van der Waals surface area (Å²) in [5, 5.41) is 8.52. The number of rotatable bonds is 6. The number of nitrogens with two attached hydrogens (primary N) is 3. The lowest BCUT2D eigenvalue weighted by Gasteiger charge is -2.11. The van der Waals surface area contributed by atoms with Crippen molar-refractivity contribution in [1.29, 1.82) is 0 Å². The normalized spacial score (nSPS) is 12.2. The van der Waals surface area contributed by atoms with E-state index in [9.17, 15) is 9.59 Å². The molecule has 0 bridgehead atoms. The number of hydrogen-bond acceptors (Lipinski definition) is 4. The van der Waals surface area contributed by atoms with Crippen molar-refractivity contribution in [3.05, 3.63) is 83.9 Å². The number of primary amides is 1. The van der Waals surface area contributed by atoms with Crippen molar-refractivity contribution in [2.24, 2.45) is 17.2 Å². The molecule has 2 unspecified atom stereocenters. The van der Waals surface area contributed by atoms with Gasteiger partial charge in [-0.3, -0.25) is 9.59 Å². The molecule has 0 heterocycles. The van der Waals surface area contributed by atoms with Crippen molar-refractivity contribution < 1.29 is 14.7 Å². The van der Waals surface area contributed by atoms with Crippen LogP contribution in [0.25, 0.3) is 0 Å². The minimum absolute atomic E-state index is 0.228. The summed E-state index contributed by atoms with van der Waals surface area (Å²) in [7, 11) is 0. The van der Waals surface area contributed by atoms with E-state index in [1.807, 2.05) is 60.7 Å². The van der Waals surface area contributed by atoms with Gasteiger partial charge in [0.2, 0.25) is 5.91 Å². The number of carboxylic acid groups (broad SMARTS) is 1. The summed E-state index contributed by atoms with van der Waals surface area (Å²) in [6, 6.07) is 17.3. The predicted octanol–water partition coefficient (Wildman–Crippen LogP) is 1.37. The molecule has 0 saturated heterocycles. The fourth-order valence-corrected chi connectivity index (χ4v) is 1.97. The summed E-state index contributed by atoms with van der Waals surface area (Å²) in [6.45, 7) is 3.53. The van der Waals surface area contributed by atoms with Gasteiger partial charge in [0.05, 0.1) is 6.04 Å². The average Bonchev–Trinajstić information content (AvgIpc) is 2.62. The second-order valence-corrected chi connectivity index (χ2v) is 5.41. The van der Waals surface area contributed by atoms with E-state index >= 15 is 0 Å². The smallest absolute Gasteiger partial charge is 0.320 e. The highest BCUT2D eigenvalue weighted by Gasteiger charge is 2.13. The Hall–Kier alpha value is -2.96. The number of carboxylic acids is 1. The van der Waals surface area contributed by atoms with Crippen LogP contribution in [-0.2, 0) is 16.0 Å². The highest BCUT2D eigenvalue weighted by Crippen LogP contribution is 2.16. The minimum Gasteiger partial charge on any atom is -0.480 e. The highest BCUT2D eigenvalue weighted by atomic mass is 16.4. The Morgan fingerprint density at radius 3 is 1.88 bits per heavy atom. The molecule has 0 aliphatic heterocycles. The van der Waals surface area contributed by atoms with Gasteiger partial charge in [0.1, 0.15) is 6.04 Å². The molecule has 7 N–H and O–H groups in total. The van der Waals surface area contributed by atoms with Gasteiger partial charge in [-0.1, -0.05) is 67.2 Å². The van der Waals surface area contributed by atoms with E-state index in [4.69, 9.17) is 22.3 Å². The first-order valence-electron chi connectivity index (χ1n) is 7.64. The first kappa shape index (κ1) is 20.1. The molecule has 0 fully saturated rings. The van der Waals surface area contributed by atoms with Crippen LogP contribution in [0.2, 0.25) is 0 Å². The lowest BCUT2D eigenvalue weighted by molar-refractivity contribution is -0.138. The third-order valence-electron chi connectivity index (χ3n) is 3.47. The third kappa shape index (κ3) is 6.99. The second kappa shape index (κ2) is 10.0. The predicted molar refractivity (Wildman–Crippen MR) is 97.5 cm³/mol. The van der Waals surface area contributed by atoms with Crippen molar-refractivity contribution in [1.82, 2.24) is 0 Å². The summed E-state index contributed by atoms with van der Waals surface area (Å²) in [5.74, 6) is -1.52. The van der Waals surface area contributed by atoms with E-state index < -0.39 is 24.0 Å².